The molecular formula is C12H14. The molecule has 1 rings (SSSR count). The molecule has 1 aromatic rings. The number of aryl methyl sites for hydroxylation is 1. The minimum atomic E-state index is 1.20. The predicted molar refractivity (Wildman–Crippen MR) is 56.0 cm³/mol. The molecule has 0 aromatic heterocycles. The van der Waals surface area contributed by atoms with Gasteiger partial charge in [-0.05, 0) is 30.5 Å². The third-order valence-corrected chi connectivity index (χ3v) is 1.91. The lowest BCUT2D eigenvalue weighted by Gasteiger charge is -2.03. The van der Waals surface area contributed by atoms with Crippen LogP contribution in [0.3, 0.4) is 0 Å². The summed E-state index contributed by atoms with van der Waals surface area (Å²) in [6.07, 6.45) is 6.06. The minimum Gasteiger partial charge on any atom is -0.0984 e. The zero-order valence-electron chi connectivity index (χ0n) is 7.67. The molecule has 0 aliphatic rings. The van der Waals surface area contributed by atoms with Crippen molar-refractivity contribution in [3.63, 3.8) is 0 Å². The van der Waals surface area contributed by atoms with Gasteiger partial charge in [0.05, 0.1) is 0 Å². The van der Waals surface area contributed by atoms with Crippen molar-refractivity contribution < 1.29 is 0 Å². The number of hydrogen-bond donors (Lipinski definition) is 0. The van der Waals surface area contributed by atoms with Crippen LogP contribution in [0.1, 0.15) is 23.6 Å². The maximum atomic E-state index is 3.78. The van der Waals surface area contributed by atoms with Crippen molar-refractivity contribution in [2.75, 3.05) is 0 Å². The fraction of sp³-hybridized carbons (Fsp3) is 0.167. The second-order valence-electron chi connectivity index (χ2n) is 2.78. The van der Waals surface area contributed by atoms with E-state index in [9.17, 15) is 0 Å². The van der Waals surface area contributed by atoms with Crippen molar-refractivity contribution in [3.8, 4) is 0 Å². The Bertz CT molecular complexity index is 306. The van der Waals surface area contributed by atoms with Crippen LogP contribution in [0.25, 0.3) is 12.2 Å². The normalized spacial score (nSPS) is 10.5. The Morgan fingerprint density at radius 2 is 2.08 bits per heavy atom. The highest BCUT2D eigenvalue weighted by atomic mass is 14.0. The van der Waals surface area contributed by atoms with E-state index in [0.29, 0.717) is 0 Å². The molecule has 0 spiro atoms. The van der Waals surface area contributed by atoms with Gasteiger partial charge in [-0.1, -0.05) is 43.0 Å². The van der Waals surface area contributed by atoms with Gasteiger partial charge in [-0.2, -0.15) is 0 Å². The summed E-state index contributed by atoms with van der Waals surface area (Å²) in [5, 5.41) is 0. The van der Waals surface area contributed by atoms with Gasteiger partial charge in [0.1, 0.15) is 0 Å². The van der Waals surface area contributed by atoms with Crippen LogP contribution >= 0.6 is 0 Å². The molecule has 0 heteroatoms. The Kier molecular flexibility index (Phi) is 2.87. The predicted octanol–water partition coefficient (Wildman–Crippen LogP) is 3.67. The van der Waals surface area contributed by atoms with E-state index in [4.69, 9.17) is 0 Å². The summed E-state index contributed by atoms with van der Waals surface area (Å²) in [5.41, 5.74) is 3.77. The van der Waals surface area contributed by atoms with Crippen molar-refractivity contribution >= 4 is 12.2 Å². The number of hydrogen-bond acceptors (Lipinski definition) is 0. The average molecular weight is 158 g/mol. The highest BCUT2D eigenvalue weighted by Gasteiger charge is 1.96. The van der Waals surface area contributed by atoms with Gasteiger partial charge in [0.2, 0.25) is 0 Å². The molecule has 62 valence electrons. The molecule has 0 radical (unpaired) electrons. The molecule has 0 atom stereocenters. The second kappa shape index (κ2) is 3.91. The average Bonchev–Trinajstić information content (AvgIpc) is 2.09. The maximum absolute atomic E-state index is 3.78. The first-order chi connectivity index (χ1) is 5.79. The van der Waals surface area contributed by atoms with Gasteiger partial charge < -0.3 is 0 Å². The van der Waals surface area contributed by atoms with Gasteiger partial charge in [-0.15, -0.1) is 0 Å². The molecule has 0 N–H and O–H groups in total. The Hall–Kier alpha value is -1.30. The summed E-state index contributed by atoms with van der Waals surface area (Å²) in [5.74, 6) is 0. The molecule has 0 nitrogen and oxygen atoms in total. The van der Waals surface area contributed by atoms with Crippen LogP contribution in [0.5, 0.6) is 0 Å². The van der Waals surface area contributed by atoms with Gasteiger partial charge >= 0.3 is 0 Å². The van der Waals surface area contributed by atoms with Crippen molar-refractivity contribution in [3.05, 3.63) is 47.5 Å². The van der Waals surface area contributed by atoms with Gasteiger partial charge in [0, 0.05) is 0 Å². The van der Waals surface area contributed by atoms with Gasteiger partial charge in [-0.3, -0.25) is 0 Å². The van der Waals surface area contributed by atoms with Crippen LogP contribution in [-0.4, -0.2) is 0 Å². The fourth-order valence-electron chi connectivity index (χ4n) is 1.28. The smallest absolute Gasteiger partial charge is 0.0158 e. The monoisotopic (exact) mass is 158 g/mol. The van der Waals surface area contributed by atoms with Gasteiger partial charge in [0.15, 0.2) is 0 Å². The van der Waals surface area contributed by atoms with Crippen molar-refractivity contribution in [2.24, 2.45) is 0 Å². The van der Waals surface area contributed by atoms with E-state index >= 15 is 0 Å². The molecule has 0 bridgehead atoms. The zero-order valence-corrected chi connectivity index (χ0v) is 7.67. The van der Waals surface area contributed by atoms with Crippen LogP contribution in [0.15, 0.2) is 30.9 Å². The van der Waals surface area contributed by atoms with E-state index in [-0.39, 0.29) is 0 Å². The van der Waals surface area contributed by atoms with E-state index in [1.54, 1.807) is 0 Å². The van der Waals surface area contributed by atoms with Crippen LogP contribution in [0.2, 0.25) is 0 Å². The van der Waals surface area contributed by atoms with E-state index in [1.165, 1.54) is 16.7 Å². The number of benzene rings is 1. The summed E-state index contributed by atoms with van der Waals surface area (Å²) >= 11 is 0. The minimum absolute atomic E-state index is 1.20. The van der Waals surface area contributed by atoms with Crippen molar-refractivity contribution in [2.45, 2.75) is 13.8 Å². The van der Waals surface area contributed by atoms with E-state index < -0.39 is 0 Å². The molecule has 1 aromatic carbocycles. The van der Waals surface area contributed by atoms with E-state index in [1.807, 2.05) is 13.0 Å². The molecule has 0 aliphatic heterocycles. The third kappa shape index (κ3) is 1.65. The topological polar surface area (TPSA) is 0 Å². The second-order valence-corrected chi connectivity index (χ2v) is 2.78. The summed E-state index contributed by atoms with van der Waals surface area (Å²) < 4.78 is 0. The van der Waals surface area contributed by atoms with Gasteiger partial charge in [0.25, 0.3) is 0 Å². The third-order valence-electron chi connectivity index (χ3n) is 1.91. The first-order valence-electron chi connectivity index (χ1n) is 4.14. The van der Waals surface area contributed by atoms with Crippen LogP contribution < -0.4 is 0 Å². The Balaban J connectivity index is 3.28. The molecule has 0 saturated carbocycles. The lowest BCUT2D eigenvalue weighted by Crippen LogP contribution is -1.84. The number of rotatable bonds is 2. The Morgan fingerprint density at radius 1 is 1.33 bits per heavy atom. The Morgan fingerprint density at radius 3 is 2.67 bits per heavy atom. The summed E-state index contributed by atoms with van der Waals surface area (Å²) in [7, 11) is 0. The largest absolute Gasteiger partial charge is 0.0984 e. The standard InChI is InChI=1S/C12H14/c1-4-7-12-10(3)8-6-9-11(12)5-2/h4-9H,2H2,1,3H3/b7-4-. The molecule has 0 fully saturated rings. The lowest BCUT2D eigenvalue weighted by atomic mass is 10.0. The molecule has 0 aliphatic carbocycles. The molecule has 0 heterocycles. The number of allylic oxidation sites excluding steroid dienone is 1. The Labute approximate surface area is 74.2 Å². The van der Waals surface area contributed by atoms with Crippen LogP contribution in [-0.2, 0) is 0 Å². The lowest BCUT2D eigenvalue weighted by molar-refractivity contribution is 1.43. The molecular weight excluding hydrogens is 144 g/mol. The van der Waals surface area contributed by atoms with E-state index in [2.05, 4.69) is 43.9 Å². The SMILES string of the molecule is C=Cc1cccc(C)c1/C=C\C. The van der Waals surface area contributed by atoms with Gasteiger partial charge in [-0.25, -0.2) is 0 Å². The molecule has 12 heavy (non-hydrogen) atoms. The van der Waals surface area contributed by atoms with E-state index in [0.717, 1.165) is 0 Å². The summed E-state index contributed by atoms with van der Waals surface area (Å²) in [6, 6.07) is 6.25. The molecule has 0 unspecified atom stereocenters. The zero-order chi connectivity index (χ0) is 8.97. The highest BCUT2D eigenvalue weighted by molar-refractivity contribution is 5.66. The van der Waals surface area contributed by atoms with Crippen molar-refractivity contribution in [1.29, 1.82) is 0 Å². The first kappa shape index (κ1) is 8.79. The fourth-order valence-corrected chi connectivity index (χ4v) is 1.28. The van der Waals surface area contributed by atoms with Crippen molar-refractivity contribution in [1.82, 2.24) is 0 Å². The maximum Gasteiger partial charge on any atom is -0.0158 e. The summed E-state index contributed by atoms with van der Waals surface area (Å²) in [6.45, 7) is 7.92. The quantitative estimate of drug-likeness (QED) is 0.616. The van der Waals surface area contributed by atoms with Crippen LogP contribution in [0.4, 0.5) is 0 Å². The summed E-state index contributed by atoms with van der Waals surface area (Å²) in [4.78, 5) is 0. The molecule has 0 saturated heterocycles. The van der Waals surface area contributed by atoms with Crippen LogP contribution in [0, 0.1) is 6.92 Å². The molecule has 0 amide bonds. The first-order valence-corrected chi connectivity index (χ1v) is 4.14. The highest BCUT2D eigenvalue weighted by Crippen LogP contribution is 2.16.